The molecule has 0 amide bonds. The van der Waals surface area contributed by atoms with E-state index in [0.29, 0.717) is 0 Å². The fraction of sp³-hybridized carbons (Fsp3) is 0.0714. The minimum absolute atomic E-state index is 0.122. The molecule has 0 unspecified atom stereocenters. The zero-order valence-corrected chi connectivity index (χ0v) is 12.6. The molecule has 0 aliphatic heterocycles. The first kappa shape index (κ1) is 16.0. The number of carbonyl (C=O) groups is 1. The average molecular weight is 352 g/mol. The van der Waals surface area contributed by atoms with Gasteiger partial charge < -0.3 is 4.74 Å². The Hall–Kier alpha value is -1.36. The number of Topliss-reactive ketones (excluding diaryl/α,β-unsaturated/α-hetero) is 1. The molecule has 110 valence electrons. The van der Waals surface area contributed by atoms with Crippen molar-refractivity contribution in [1.29, 1.82) is 0 Å². The highest BCUT2D eigenvalue weighted by Gasteiger charge is 2.15. The summed E-state index contributed by atoms with van der Waals surface area (Å²) < 4.78 is 31.6. The van der Waals surface area contributed by atoms with Gasteiger partial charge in [0.25, 0.3) is 0 Å². The highest BCUT2D eigenvalue weighted by molar-refractivity contribution is 6.43. The fourth-order valence-electron chi connectivity index (χ4n) is 1.55. The lowest BCUT2D eigenvalue weighted by Gasteiger charge is -2.09. The van der Waals surface area contributed by atoms with E-state index >= 15 is 0 Å². The van der Waals surface area contributed by atoms with Crippen LogP contribution in [-0.2, 0) is 0 Å². The lowest BCUT2D eigenvalue weighted by molar-refractivity contribution is 0.0917. The van der Waals surface area contributed by atoms with Gasteiger partial charge in [0.1, 0.15) is 17.4 Å². The highest BCUT2D eigenvalue weighted by atomic mass is 35.5. The Morgan fingerprint density at radius 3 is 2.38 bits per heavy atom. The lowest BCUT2D eigenvalue weighted by Crippen LogP contribution is -2.13. The summed E-state index contributed by atoms with van der Waals surface area (Å²) in [7, 11) is 0. The molecule has 0 fully saturated rings. The second kappa shape index (κ2) is 6.60. The molecule has 0 N–H and O–H groups in total. The quantitative estimate of drug-likeness (QED) is 0.560. The highest BCUT2D eigenvalue weighted by Crippen LogP contribution is 2.33. The fourth-order valence-corrected chi connectivity index (χ4v) is 2.14. The first-order valence-electron chi connectivity index (χ1n) is 5.64. The number of hydrogen-bond acceptors (Lipinski definition) is 2. The Bertz CT molecular complexity index is 705. The number of halogens is 5. The van der Waals surface area contributed by atoms with Gasteiger partial charge in [-0.05, 0) is 24.3 Å². The third-order valence-corrected chi connectivity index (χ3v) is 3.58. The second-order valence-corrected chi connectivity index (χ2v) is 5.25. The molecule has 0 saturated carbocycles. The van der Waals surface area contributed by atoms with E-state index in [1.165, 1.54) is 12.1 Å². The van der Waals surface area contributed by atoms with Gasteiger partial charge in [0.15, 0.2) is 6.61 Å². The first-order valence-corrected chi connectivity index (χ1v) is 6.77. The molecule has 0 spiro atoms. The molecule has 21 heavy (non-hydrogen) atoms. The van der Waals surface area contributed by atoms with Crippen LogP contribution in [0.15, 0.2) is 30.3 Å². The van der Waals surface area contributed by atoms with Crippen LogP contribution in [0, 0.1) is 11.6 Å². The maximum atomic E-state index is 13.4. The molecule has 0 saturated heterocycles. The van der Waals surface area contributed by atoms with Crippen molar-refractivity contribution in [2.75, 3.05) is 6.61 Å². The summed E-state index contributed by atoms with van der Waals surface area (Å²) in [5.74, 6) is -2.15. The molecule has 0 radical (unpaired) electrons. The third kappa shape index (κ3) is 3.84. The molecule has 0 aliphatic carbocycles. The predicted octanol–water partition coefficient (Wildman–Crippen LogP) is 5.19. The normalized spacial score (nSPS) is 10.5. The maximum absolute atomic E-state index is 13.4. The molecular formula is C14H7Cl3F2O2. The van der Waals surface area contributed by atoms with E-state index in [4.69, 9.17) is 39.5 Å². The van der Waals surface area contributed by atoms with E-state index in [9.17, 15) is 13.6 Å². The average Bonchev–Trinajstić information content (AvgIpc) is 2.43. The Labute approximate surface area is 134 Å². The molecule has 0 aliphatic rings. The van der Waals surface area contributed by atoms with Crippen molar-refractivity contribution in [3.05, 3.63) is 62.6 Å². The van der Waals surface area contributed by atoms with Crippen molar-refractivity contribution in [2.45, 2.75) is 0 Å². The van der Waals surface area contributed by atoms with E-state index in [-0.39, 0.29) is 20.8 Å². The van der Waals surface area contributed by atoms with Gasteiger partial charge in [-0.15, -0.1) is 0 Å². The van der Waals surface area contributed by atoms with Gasteiger partial charge >= 0.3 is 0 Å². The topological polar surface area (TPSA) is 26.3 Å². The summed E-state index contributed by atoms with van der Waals surface area (Å²) in [4.78, 5) is 11.8. The SMILES string of the molecule is O=C(COc1cc(Cl)c(Cl)cc1Cl)c1cc(F)ccc1F. The van der Waals surface area contributed by atoms with Crippen LogP contribution >= 0.6 is 34.8 Å². The summed E-state index contributed by atoms with van der Waals surface area (Å²) >= 11 is 17.4. The van der Waals surface area contributed by atoms with Gasteiger partial charge in [0.05, 0.1) is 20.6 Å². The van der Waals surface area contributed by atoms with Crippen LogP contribution in [0.5, 0.6) is 5.75 Å². The Morgan fingerprint density at radius 1 is 1.00 bits per heavy atom. The summed E-state index contributed by atoms with van der Waals surface area (Å²) in [5, 5.41) is 0.578. The Morgan fingerprint density at radius 2 is 1.67 bits per heavy atom. The number of ether oxygens (including phenoxy) is 1. The van der Waals surface area contributed by atoms with Gasteiger partial charge in [-0.3, -0.25) is 4.79 Å². The Balaban J connectivity index is 2.15. The van der Waals surface area contributed by atoms with Gasteiger partial charge in [0, 0.05) is 6.07 Å². The monoisotopic (exact) mass is 350 g/mol. The largest absolute Gasteiger partial charge is 0.484 e. The van der Waals surface area contributed by atoms with E-state index in [0.717, 1.165) is 18.2 Å². The van der Waals surface area contributed by atoms with Crippen LogP contribution in [0.3, 0.4) is 0 Å². The number of hydrogen-bond donors (Lipinski definition) is 0. The second-order valence-electron chi connectivity index (χ2n) is 4.03. The standard InChI is InChI=1S/C14H7Cl3F2O2/c15-9-4-11(17)14(5-10(9)16)21-6-13(20)8-3-7(18)1-2-12(8)19/h1-5H,6H2. The van der Waals surface area contributed by atoms with Crippen LogP contribution in [0.25, 0.3) is 0 Å². The molecule has 2 rings (SSSR count). The van der Waals surface area contributed by atoms with Crippen molar-refractivity contribution in [3.8, 4) is 5.75 Å². The summed E-state index contributed by atoms with van der Waals surface area (Å²) in [6.45, 7) is -0.516. The van der Waals surface area contributed by atoms with Crippen molar-refractivity contribution in [2.24, 2.45) is 0 Å². The van der Waals surface area contributed by atoms with Crippen molar-refractivity contribution in [3.63, 3.8) is 0 Å². The smallest absolute Gasteiger partial charge is 0.203 e. The number of benzene rings is 2. The molecular weight excluding hydrogens is 345 g/mol. The van der Waals surface area contributed by atoms with Crippen LogP contribution in [0.1, 0.15) is 10.4 Å². The van der Waals surface area contributed by atoms with Gasteiger partial charge in [-0.1, -0.05) is 34.8 Å². The molecule has 0 atom stereocenters. The van der Waals surface area contributed by atoms with Gasteiger partial charge in [-0.25, -0.2) is 8.78 Å². The van der Waals surface area contributed by atoms with Gasteiger partial charge in [0.2, 0.25) is 5.78 Å². The number of carbonyl (C=O) groups excluding carboxylic acids is 1. The molecule has 2 aromatic carbocycles. The molecule has 0 aromatic heterocycles. The van der Waals surface area contributed by atoms with E-state index in [1.54, 1.807) is 0 Å². The predicted molar refractivity (Wildman–Crippen MR) is 77.7 cm³/mol. The number of rotatable bonds is 4. The van der Waals surface area contributed by atoms with Gasteiger partial charge in [-0.2, -0.15) is 0 Å². The van der Waals surface area contributed by atoms with E-state index in [1.807, 2.05) is 0 Å². The van der Waals surface area contributed by atoms with Crippen LogP contribution in [0.4, 0.5) is 8.78 Å². The van der Waals surface area contributed by atoms with Crippen molar-refractivity contribution < 1.29 is 18.3 Å². The minimum Gasteiger partial charge on any atom is -0.484 e. The zero-order chi connectivity index (χ0) is 15.6. The molecule has 2 nitrogen and oxygen atoms in total. The van der Waals surface area contributed by atoms with E-state index < -0.39 is 29.6 Å². The first-order chi connectivity index (χ1) is 9.88. The summed E-state index contributed by atoms with van der Waals surface area (Å²) in [6.07, 6.45) is 0. The minimum atomic E-state index is -0.828. The molecule has 0 bridgehead atoms. The van der Waals surface area contributed by atoms with Crippen LogP contribution < -0.4 is 4.74 Å². The maximum Gasteiger partial charge on any atom is 0.203 e. The Kier molecular flexibility index (Phi) is 5.04. The lowest BCUT2D eigenvalue weighted by atomic mass is 10.1. The molecule has 0 heterocycles. The number of ketones is 1. The van der Waals surface area contributed by atoms with Crippen molar-refractivity contribution in [1.82, 2.24) is 0 Å². The summed E-state index contributed by atoms with van der Waals surface area (Å²) in [5.41, 5.74) is -0.397. The van der Waals surface area contributed by atoms with Crippen molar-refractivity contribution >= 4 is 40.6 Å². The third-order valence-electron chi connectivity index (χ3n) is 2.56. The van der Waals surface area contributed by atoms with Crippen LogP contribution in [0.2, 0.25) is 15.1 Å². The van der Waals surface area contributed by atoms with Crippen LogP contribution in [-0.4, -0.2) is 12.4 Å². The molecule has 2 aromatic rings. The van der Waals surface area contributed by atoms with E-state index in [2.05, 4.69) is 0 Å². The zero-order valence-electron chi connectivity index (χ0n) is 10.3. The molecule has 7 heteroatoms. The summed E-state index contributed by atoms with van der Waals surface area (Å²) in [6, 6.07) is 5.28.